The molecule has 1 aromatic carbocycles. The molecule has 0 aliphatic heterocycles. The predicted molar refractivity (Wildman–Crippen MR) is 103 cm³/mol. The molecule has 6 nitrogen and oxygen atoms in total. The number of hydrogen-bond acceptors (Lipinski definition) is 7. The summed E-state index contributed by atoms with van der Waals surface area (Å²) in [5, 5.41) is 0.536. The average molecular weight is 381 g/mol. The predicted octanol–water partition coefficient (Wildman–Crippen LogP) is 3.90. The van der Waals surface area contributed by atoms with Gasteiger partial charge in [-0.2, -0.15) is 0 Å². The van der Waals surface area contributed by atoms with Gasteiger partial charge in [-0.05, 0) is 31.9 Å². The van der Waals surface area contributed by atoms with Gasteiger partial charge >= 0.3 is 5.97 Å². The monoisotopic (exact) mass is 381 g/mol. The van der Waals surface area contributed by atoms with Gasteiger partial charge in [-0.1, -0.05) is 31.2 Å². The lowest BCUT2D eigenvalue weighted by molar-refractivity contribution is 0.0322. The van der Waals surface area contributed by atoms with Gasteiger partial charge < -0.3 is 4.74 Å². The summed E-state index contributed by atoms with van der Waals surface area (Å²) in [5.41, 5.74) is 2.19. The molecule has 1 unspecified atom stereocenters. The van der Waals surface area contributed by atoms with Crippen LogP contribution in [-0.4, -0.2) is 32.8 Å². The second-order valence-electron chi connectivity index (χ2n) is 5.97. The molecule has 2 aromatic heterocycles. The molecule has 0 bridgehead atoms. The number of aryl methyl sites for hydroxylation is 2. The molecular formula is C20H19N3O3S. The maximum Gasteiger partial charge on any atom is 0.350 e. The van der Waals surface area contributed by atoms with Gasteiger partial charge in [0.25, 0.3) is 0 Å². The van der Waals surface area contributed by atoms with Crippen LogP contribution in [0.3, 0.4) is 0 Å². The van der Waals surface area contributed by atoms with Crippen LogP contribution in [0.2, 0.25) is 0 Å². The highest BCUT2D eigenvalue weighted by Gasteiger charge is 2.24. The normalized spacial score (nSPS) is 11.8. The van der Waals surface area contributed by atoms with Gasteiger partial charge in [-0.25, -0.2) is 19.7 Å². The number of aromatic nitrogens is 3. The van der Waals surface area contributed by atoms with Crippen molar-refractivity contribution in [2.75, 3.05) is 0 Å². The molecule has 0 fully saturated rings. The Labute approximate surface area is 161 Å². The van der Waals surface area contributed by atoms with Crippen LogP contribution in [-0.2, 0) is 11.2 Å². The third-order valence-electron chi connectivity index (χ3n) is 4.04. The third kappa shape index (κ3) is 4.25. The molecule has 7 heteroatoms. The van der Waals surface area contributed by atoms with Crippen molar-refractivity contribution < 1.29 is 14.3 Å². The molecule has 0 N–H and O–H groups in total. The van der Waals surface area contributed by atoms with Crippen molar-refractivity contribution in [2.45, 2.75) is 33.3 Å². The molecular weight excluding hydrogens is 362 g/mol. The van der Waals surface area contributed by atoms with E-state index >= 15 is 0 Å². The quantitative estimate of drug-likeness (QED) is 0.476. The highest BCUT2D eigenvalue weighted by atomic mass is 32.1. The van der Waals surface area contributed by atoms with Gasteiger partial charge in [-0.15, -0.1) is 11.3 Å². The van der Waals surface area contributed by atoms with Gasteiger partial charge in [0, 0.05) is 18.0 Å². The molecule has 1 atom stereocenters. The van der Waals surface area contributed by atoms with E-state index < -0.39 is 12.1 Å². The minimum Gasteiger partial charge on any atom is -0.450 e. The Morgan fingerprint density at radius 2 is 1.81 bits per heavy atom. The Morgan fingerprint density at radius 1 is 1.15 bits per heavy atom. The van der Waals surface area contributed by atoms with Gasteiger partial charge in [0.05, 0.1) is 5.69 Å². The van der Waals surface area contributed by atoms with Crippen molar-refractivity contribution in [1.82, 2.24) is 15.0 Å². The number of rotatable bonds is 6. The number of ketones is 1. The van der Waals surface area contributed by atoms with E-state index in [4.69, 9.17) is 4.74 Å². The lowest BCUT2D eigenvalue weighted by atomic mass is 10.0. The van der Waals surface area contributed by atoms with Crippen molar-refractivity contribution in [2.24, 2.45) is 0 Å². The summed E-state index contributed by atoms with van der Waals surface area (Å²) in [7, 11) is 0. The zero-order valence-corrected chi connectivity index (χ0v) is 16.1. The second-order valence-corrected chi connectivity index (χ2v) is 6.97. The van der Waals surface area contributed by atoms with E-state index in [0.717, 1.165) is 23.3 Å². The highest BCUT2D eigenvalue weighted by Crippen LogP contribution is 2.26. The maximum absolute atomic E-state index is 12.5. The number of hydrogen-bond donors (Lipinski definition) is 0. The molecule has 3 rings (SSSR count). The third-order valence-corrected chi connectivity index (χ3v) is 5.17. The molecule has 0 aliphatic rings. The van der Waals surface area contributed by atoms with Gasteiger partial charge in [-0.3, -0.25) is 4.79 Å². The van der Waals surface area contributed by atoms with E-state index in [0.29, 0.717) is 27.0 Å². The van der Waals surface area contributed by atoms with Crippen molar-refractivity contribution in [3.63, 3.8) is 0 Å². The van der Waals surface area contributed by atoms with Crippen LogP contribution in [0.25, 0.3) is 10.8 Å². The number of Topliss-reactive ketones (excluding diaryl/α,β-unsaturated/α-hetero) is 1. The summed E-state index contributed by atoms with van der Waals surface area (Å²) in [6.45, 7) is 5.34. The molecule has 0 saturated heterocycles. The van der Waals surface area contributed by atoms with E-state index in [9.17, 15) is 9.59 Å². The maximum atomic E-state index is 12.5. The van der Waals surface area contributed by atoms with E-state index in [1.165, 1.54) is 0 Å². The fourth-order valence-electron chi connectivity index (χ4n) is 2.50. The summed E-state index contributed by atoms with van der Waals surface area (Å²) in [6.07, 6.45) is 3.24. The molecule has 0 aliphatic carbocycles. The van der Waals surface area contributed by atoms with Crippen molar-refractivity contribution in [1.29, 1.82) is 0 Å². The molecule has 27 heavy (non-hydrogen) atoms. The molecule has 0 saturated carbocycles. The number of ether oxygens (including phenoxy) is 1. The lowest BCUT2D eigenvalue weighted by Gasteiger charge is -2.12. The first-order valence-electron chi connectivity index (χ1n) is 8.58. The molecule has 3 aromatic rings. The van der Waals surface area contributed by atoms with Gasteiger partial charge in [0.1, 0.15) is 4.88 Å². The average Bonchev–Trinajstić information content (AvgIpc) is 3.10. The standard InChI is InChI=1S/C20H19N3O3S/c1-4-14-6-8-15(9-7-14)16(24)13(3)26-20(25)17-12(2)23-19(27-17)18-21-10-5-11-22-18/h5-11,13H,4H2,1-3H3. The fourth-order valence-corrected chi connectivity index (χ4v) is 3.40. The summed E-state index contributed by atoms with van der Waals surface area (Å²) in [4.78, 5) is 38.0. The van der Waals surface area contributed by atoms with Crippen LogP contribution in [0, 0.1) is 6.92 Å². The molecule has 0 spiro atoms. The first kappa shape index (κ1) is 18.8. The Balaban J connectivity index is 1.72. The van der Waals surface area contributed by atoms with E-state index in [-0.39, 0.29) is 5.78 Å². The zero-order valence-electron chi connectivity index (χ0n) is 15.3. The first-order chi connectivity index (χ1) is 13.0. The van der Waals surface area contributed by atoms with Crippen molar-refractivity contribution in [3.05, 3.63) is 64.4 Å². The number of carbonyl (C=O) groups is 2. The Bertz CT molecular complexity index is 952. The summed E-state index contributed by atoms with van der Waals surface area (Å²) < 4.78 is 5.38. The van der Waals surface area contributed by atoms with Crippen LogP contribution in [0.4, 0.5) is 0 Å². The number of benzene rings is 1. The summed E-state index contributed by atoms with van der Waals surface area (Å²) in [5.74, 6) is -0.359. The van der Waals surface area contributed by atoms with Crippen molar-refractivity contribution in [3.8, 4) is 10.8 Å². The van der Waals surface area contributed by atoms with Crippen molar-refractivity contribution >= 4 is 23.1 Å². The fraction of sp³-hybridized carbons (Fsp3) is 0.250. The minimum atomic E-state index is -0.886. The lowest BCUT2D eigenvalue weighted by Crippen LogP contribution is -2.24. The molecule has 0 radical (unpaired) electrons. The number of thiazole rings is 1. The minimum absolute atomic E-state index is 0.236. The van der Waals surface area contributed by atoms with Gasteiger partial charge in [0.15, 0.2) is 16.9 Å². The van der Waals surface area contributed by atoms with E-state index in [1.54, 1.807) is 44.4 Å². The SMILES string of the molecule is CCc1ccc(C(=O)C(C)OC(=O)c2sc(-c3ncccn3)nc2C)cc1. The number of nitrogens with zero attached hydrogens (tertiary/aromatic N) is 3. The Kier molecular flexibility index (Phi) is 5.71. The van der Waals surface area contributed by atoms with E-state index in [2.05, 4.69) is 15.0 Å². The first-order valence-corrected chi connectivity index (χ1v) is 9.40. The van der Waals surface area contributed by atoms with E-state index in [1.807, 2.05) is 19.1 Å². The highest BCUT2D eigenvalue weighted by molar-refractivity contribution is 7.16. The topological polar surface area (TPSA) is 82.0 Å². The van der Waals surface area contributed by atoms with Crippen LogP contribution in [0.1, 0.15) is 45.1 Å². The molecule has 2 heterocycles. The van der Waals surface area contributed by atoms with Crippen LogP contribution in [0.15, 0.2) is 42.7 Å². The Hall–Kier alpha value is -2.93. The van der Waals surface area contributed by atoms with Crippen LogP contribution in [0.5, 0.6) is 0 Å². The summed E-state index contributed by atoms with van der Waals surface area (Å²) in [6, 6.07) is 9.03. The molecule has 0 amide bonds. The van der Waals surface area contributed by atoms with Gasteiger partial charge in [0.2, 0.25) is 5.78 Å². The summed E-state index contributed by atoms with van der Waals surface area (Å²) >= 11 is 1.15. The Morgan fingerprint density at radius 3 is 2.44 bits per heavy atom. The van der Waals surface area contributed by atoms with Crippen LogP contribution < -0.4 is 0 Å². The largest absolute Gasteiger partial charge is 0.450 e. The zero-order chi connectivity index (χ0) is 19.4. The number of esters is 1. The molecule has 138 valence electrons. The van der Waals surface area contributed by atoms with Crippen LogP contribution >= 0.6 is 11.3 Å². The smallest absolute Gasteiger partial charge is 0.350 e. The second kappa shape index (κ2) is 8.18. The number of carbonyl (C=O) groups excluding carboxylic acids is 2.